The number of nitrogens with zero attached hydrogens (tertiary/aromatic N) is 2. The summed E-state index contributed by atoms with van der Waals surface area (Å²) < 4.78 is 64.2. The molecule has 2 rings (SSSR count). The Balaban J connectivity index is 2.08. The van der Waals surface area contributed by atoms with Crippen LogP contribution in [0.1, 0.15) is 25.0 Å². The lowest BCUT2D eigenvalue weighted by molar-refractivity contribution is -0.141. The van der Waals surface area contributed by atoms with E-state index in [9.17, 15) is 21.6 Å². The van der Waals surface area contributed by atoms with Gasteiger partial charge in [-0.3, -0.25) is 4.98 Å². The van der Waals surface area contributed by atoms with Gasteiger partial charge >= 0.3 is 6.18 Å². The molecule has 0 aromatic carbocycles. The monoisotopic (exact) mass is 337 g/mol. The molecule has 2 atom stereocenters. The molecule has 1 saturated carbocycles. The van der Waals surface area contributed by atoms with Gasteiger partial charge < -0.3 is 4.90 Å². The van der Waals surface area contributed by atoms with Crippen molar-refractivity contribution in [2.45, 2.75) is 42.4 Å². The summed E-state index contributed by atoms with van der Waals surface area (Å²) in [5, 5.41) is 0. The SMILES string of the molecule is CN(C)[C@@H]1CC[C@@H](NS(=O)(=O)c2ccc(C(F)(F)F)nc2)C1. The van der Waals surface area contributed by atoms with Gasteiger partial charge in [-0.1, -0.05) is 0 Å². The van der Waals surface area contributed by atoms with Crippen LogP contribution in [-0.2, 0) is 16.2 Å². The molecule has 1 N–H and O–H groups in total. The molecular weight excluding hydrogens is 319 g/mol. The molecule has 9 heteroatoms. The zero-order valence-electron chi connectivity index (χ0n) is 12.3. The maximum atomic E-state index is 12.4. The van der Waals surface area contributed by atoms with Crippen molar-refractivity contribution in [1.29, 1.82) is 0 Å². The van der Waals surface area contributed by atoms with Crippen molar-refractivity contribution in [1.82, 2.24) is 14.6 Å². The van der Waals surface area contributed by atoms with E-state index < -0.39 is 21.9 Å². The van der Waals surface area contributed by atoms with E-state index in [1.165, 1.54) is 0 Å². The Morgan fingerprint density at radius 2 is 1.95 bits per heavy atom. The molecular formula is C13H18F3N3O2S. The average Bonchev–Trinajstić information content (AvgIpc) is 2.86. The highest BCUT2D eigenvalue weighted by atomic mass is 32.2. The summed E-state index contributed by atoms with van der Waals surface area (Å²) in [6.45, 7) is 0. The number of nitrogens with one attached hydrogen (secondary N) is 1. The number of pyridine rings is 1. The molecule has 0 aliphatic heterocycles. The van der Waals surface area contributed by atoms with Gasteiger partial charge in [-0.15, -0.1) is 0 Å². The minimum atomic E-state index is -4.58. The molecule has 22 heavy (non-hydrogen) atoms. The number of hydrogen-bond donors (Lipinski definition) is 1. The lowest BCUT2D eigenvalue weighted by atomic mass is 10.2. The summed E-state index contributed by atoms with van der Waals surface area (Å²) in [4.78, 5) is 4.96. The average molecular weight is 337 g/mol. The molecule has 1 heterocycles. The van der Waals surface area contributed by atoms with Crippen molar-refractivity contribution >= 4 is 10.0 Å². The van der Waals surface area contributed by atoms with Gasteiger partial charge in [0.2, 0.25) is 10.0 Å². The van der Waals surface area contributed by atoms with Crippen molar-refractivity contribution in [3.8, 4) is 0 Å². The Morgan fingerprint density at radius 1 is 1.27 bits per heavy atom. The predicted octanol–water partition coefficient (Wildman–Crippen LogP) is 1.86. The normalized spacial score (nSPS) is 23.2. The van der Waals surface area contributed by atoms with E-state index in [0.717, 1.165) is 18.7 Å². The Labute approximate surface area is 127 Å². The van der Waals surface area contributed by atoms with Gasteiger partial charge in [-0.25, -0.2) is 13.1 Å². The van der Waals surface area contributed by atoms with Gasteiger partial charge in [0.05, 0.1) is 0 Å². The van der Waals surface area contributed by atoms with Crippen molar-refractivity contribution < 1.29 is 21.6 Å². The quantitative estimate of drug-likeness (QED) is 0.911. The van der Waals surface area contributed by atoms with E-state index in [-0.39, 0.29) is 10.9 Å². The van der Waals surface area contributed by atoms with Crippen LogP contribution in [-0.4, -0.2) is 44.5 Å². The van der Waals surface area contributed by atoms with Crippen LogP contribution in [0.3, 0.4) is 0 Å². The second kappa shape index (κ2) is 6.13. The van der Waals surface area contributed by atoms with Crippen LogP contribution in [0.15, 0.2) is 23.2 Å². The first kappa shape index (κ1) is 17.2. The highest BCUT2D eigenvalue weighted by Crippen LogP contribution is 2.28. The first-order valence-electron chi connectivity index (χ1n) is 6.81. The number of halogens is 3. The zero-order valence-corrected chi connectivity index (χ0v) is 13.1. The predicted molar refractivity (Wildman–Crippen MR) is 74.7 cm³/mol. The number of hydrogen-bond acceptors (Lipinski definition) is 4. The third-order valence-corrected chi connectivity index (χ3v) is 5.30. The van der Waals surface area contributed by atoms with E-state index in [4.69, 9.17) is 0 Å². The van der Waals surface area contributed by atoms with Gasteiger partial charge in [0.15, 0.2) is 0 Å². The van der Waals surface area contributed by atoms with Gasteiger partial charge in [-0.05, 0) is 45.5 Å². The van der Waals surface area contributed by atoms with Crippen LogP contribution in [0, 0.1) is 0 Å². The van der Waals surface area contributed by atoms with Crippen LogP contribution in [0.5, 0.6) is 0 Å². The Morgan fingerprint density at radius 3 is 2.41 bits per heavy atom. The highest BCUT2D eigenvalue weighted by molar-refractivity contribution is 7.89. The molecule has 1 fully saturated rings. The summed E-state index contributed by atoms with van der Waals surface area (Å²) in [6.07, 6.45) is -1.58. The molecule has 0 amide bonds. The molecule has 0 spiro atoms. The molecule has 0 radical (unpaired) electrons. The number of rotatable bonds is 4. The number of alkyl halides is 3. The summed E-state index contributed by atoms with van der Waals surface area (Å²) >= 11 is 0. The fraction of sp³-hybridized carbons (Fsp3) is 0.615. The van der Waals surface area contributed by atoms with Crippen molar-refractivity contribution in [2.75, 3.05) is 14.1 Å². The van der Waals surface area contributed by atoms with E-state index >= 15 is 0 Å². The third kappa shape index (κ3) is 3.96. The van der Waals surface area contributed by atoms with Crippen molar-refractivity contribution in [3.63, 3.8) is 0 Å². The summed E-state index contributed by atoms with van der Waals surface area (Å²) in [5.41, 5.74) is -1.11. The maximum Gasteiger partial charge on any atom is 0.433 e. The first-order valence-corrected chi connectivity index (χ1v) is 8.30. The highest BCUT2D eigenvalue weighted by Gasteiger charge is 2.33. The Kier molecular flexibility index (Phi) is 4.78. The molecule has 1 aliphatic rings. The van der Waals surface area contributed by atoms with Crippen molar-refractivity contribution in [2.24, 2.45) is 0 Å². The minimum absolute atomic E-state index is 0.209. The minimum Gasteiger partial charge on any atom is -0.306 e. The molecule has 0 saturated heterocycles. The number of aromatic nitrogens is 1. The van der Waals surface area contributed by atoms with Gasteiger partial charge in [0.25, 0.3) is 0 Å². The molecule has 1 aromatic heterocycles. The molecule has 0 bridgehead atoms. The van der Waals surface area contributed by atoms with Gasteiger partial charge in [0, 0.05) is 18.3 Å². The van der Waals surface area contributed by atoms with Crippen LogP contribution in [0.4, 0.5) is 13.2 Å². The Hall–Kier alpha value is -1.19. The van der Waals surface area contributed by atoms with E-state index in [1.54, 1.807) is 0 Å². The van der Waals surface area contributed by atoms with E-state index in [2.05, 4.69) is 9.71 Å². The fourth-order valence-electron chi connectivity index (χ4n) is 2.53. The summed E-state index contributed by atoms with van der Waals surface area (Å²) in [6, 6.07) is 1.70. The molecule has 0 unspecified atom stereocenters. The second-order valence-electron chi connectivity index (χ2n) is 5.63. The van der Waals surface area contributed by atoms with E-state index in [1.807, 2.05) is 19.0 Å². The van der Waals surface area contributed by atoms with Crippen LogP contribution in [0.25, 0.3) is 0 Å². The topological polar surface area (TPSA) is 62.3 Å². The smallest absolute Gasteiger partial charge is 0.306 e. The first-order chi connectivity index (χ1) is 10.1. The van der Waals surface area contributed by atoms with Gasteiger partial charge in [0.1, 0.15) is 10.6 Å². The second-order valence-corrected chi connectivity index (χ2v) is 7.34. The van der Waals surface area contributed by atoms with Crippen LogP contribution < -0.4 is 4.72 Å². The molecule has 1 aliphatic carbocycles. The zero-order chi connectivity index (χ0) is 16.5. The molecule has 5 nitrogen and oxygen atoms in total. The largest absolute Gasteiger partial charge is 0.433 e. The van der Waals surface area contributed by atoms with Crippen LogP contribution >= 0.6 is 0 Å². The lowest BCUT2D eigenvalue weighted by Gasteiger charge is -2.19. The molecule has 124 valence electrons. The van der Waals surface area contributed by atoms with Crippen molar-refractivity contribution in [3.05, 3.63) is 24.0 Å². The summed E-state index contributed by atoms with van der Waals surface area (Å²) in [7, 11) is 0.0103. The maximum absolute atomic E-state index is 12.4. The van der Waals surface area contributed by atoms with Gasteiger partial charge in [-0.2, -0.15) is 13.2 Å². The lowest BCUT2D eigenvalue weighted by Crippen LogP contribution is -2.35. The van der Waals surface area contributed by atoms with E-state index in [0.29, 0.717) is 24.9 Å². The Bertz CT molecular complexity index is 614. The summed E-state index contributed by atoms with van der Waals surface area (Å²) in [5.74, 6) is 0. The number of sulfonamides is 1. The molecule has 1 aromatic rings. The third-order valence-electron chi connectivity index (χ3n) is 3.79. The standard InChI is InChI=1S/C13H18F3N3O2S/c1-19(2)10-4-3-9(7-10)18-22(20,21)11-5-6-12(17-8-11)13(14,15)16/h5-6,8-10,18H,3-4,7H2,1-2H3/t9-,10-/m1/s1. The van der Waals surface area contributed by atoms with Crippen LogP contribution in [0.2, 0.25) is 0 Å². The fourth-order valence-corrected chi connectivity index (χ4v) is 3.76.